The lowest BCUT2D eigenvalue weighted by molar-refractivity contribution is -0.0308. The lowest BCUT2D eigenvalue weighted by Crippen LogP contribution is -2.37. The van der Waals surface area contributed by atoms with E-state index in [4.69, 9.17) is 18.0 Å². The molecule has 0 aliphatic carbocycles. The fourth-order valence-electron chi connectivity index (χ4n) is 2.17. The van der Waals surface area contributed by atoms with Gasteiger partial charge in [-0.25, -0.2) is 0 Å². The van der Waals surface area contributed by atoms with Crippen molar-refractivity contribution in [2.45, 2.75) is 64.1 Å². The van der Waals surface area contributed by atoms with E-state index in [0.717, 1.165) is 13.0 Å². The number of epoxide rings is 1. The van der Waals surface area contributed by atoms with Crippen molar-refractivity contribution >= 4 is 25.7 Å². The summed E-state index contributed by atoms with van der Waals surface area (Å²) in [5.74, 6) is -0.414. The van der Waals surface area contributed by atoms with Gasteiger partial charge in [-0.1, -0.05) is 0 Å². The van der Waals surface area contributed by atoms with Gasteiger partial charge in [0.15, 0.2) is 25.7 Å². The van der Waals surface area contributed by atoms with Crippen LogP contribution in [0.2, 0.25) is 51.9 Å². The maximum absolute atomic E-state index is 6.14. The van der Waals surface area contributed by atoms with Crippen molar-refractivity contribution in [3.63, 3.8) is 0 Å². The highest BCUT2D eigenvalue weighted by molar-refractivity contribution is 6.77. The minimum Gasteiger partial charge on any atom is -0.458 e. The van der Waals surface area contributed by atoms with Crippen LogP contribution < -0.4 is 0 Å². The molecule has 20 heavy (non-hydrogen) atoms. The van der Waals surface area contributed by atoms with Gasteiger partial charge < -0.3 is 18.0 Å². The number of hydrogen-bond acceptors (Lipinski definition) is 4. The molecule has 1 aliphatic rings. The molecule has 0 saturated carbocycles. The smallest absolute Gasteiger partial charge is 0.207 e. The van der Waals surface area contributed by atoms with Crippen LogP contribution in [0.15, 0.2) is 0 Å². The molecule has 0 aromatic rings. The second-order valence-electron chi connectivity index (χ2n) is 7.65. The van der Waals surface area contributed by atoms with E-state index in [9.17, 15) is 0 Å². The van der Waals surface area contributed by atoms with Gasteiger partial charge in [0, 0.05) is 6.61 Å². The average Bonchev–Trinajstić information content (AvgIpc) is 2.91. The van der Waals surface area contributed by atoms with Crippen molar-refractivity contribution in [2.75, 3.05) is 19.8 Å². The summed E-state index contributed by atoms with van der Waals surface area (Å²) in [5, 5.41) is 0. The van der Waals surface area contributed by atoms with Gasteiger partial charge in [0.25, 0.3) is 0 Å². The lowest BCUT2D eigenvalue weighted by Gasteiger charge is -2.24. The highest BCUT2D eigenvalue weighted by Gasteiger charge is 2.49. The Morgan fingerprint density at radius 2 is 1.70 bits per heavy atom. The fourth-order valence-corrected chi connectivity index (χ4v) is 9.51. The van der Waals surface area contributed by atoms with Crippen LogP contribution in [0.3, 0.4) is 0 Å². The SMILES string of the molecule is C[SiH](CCCOC[C@@]1(O[Si](C)(C)C)CO1)O[Si](C)(C)C. The summed E-state index contributed by atoms with van der Waals surface area (Å²) in [7, 11) is -3.91. The fraction of sp³-hybridized carbons (Fsp3) is 1.00. The van der Waals surface area contributed by atoms with Gasteiger partial charge >= 0.3 is 0 Å². The van der Waals surface area contributed by atoms with Gasteiger partial charge in [-0.15, -0.1) is 0 Å². The van der Waals surface area contributed by atoms with Crippen LogP contribution >= 0.6 is 0 Å². The Hall–Kier alpha value is 0.491. The first-order chi connectivity index (χ1) is 9.02. The zero-order valence-electron chi connectivity index (χ0n) is 14.2. The average molecular weight is 337 g/mol. The van der Waals surface area contributed by atoms with Crippen molar-refractivity contribution in [1.82, 2.24) is 0 Å². The summed E-state index contributed by atoms with van der Waals surface area (Å²) in [4.78, 5) is 0. The lowest BCUT2D eigenvalue weighted by atomic mass is 10.4. The molecule has 0 amide bonds. The Morgan fingerprint density at radius 3 is 2.15 bits per heavy atom. The highest BCUT2D eigenvalue weighted by Crippen LogP contribution is 2.32. The van der Waals surface area contributed by atoms with Gasteiger partial charge in [-0.2, -0.15) is 0 Å². The first kappa shape index (κ1) is 18.5. The Balaban J connectivity index is 2.08. The Kier molecular flexibility index (Phi) is 6.64. The molecule has 0 aromatic heterocycles. The zero-order valence-corrected chi connectivity index (χ0v) is 17.4. The summed E-state index contributed by atoms with van der Waals surface area (Å²) in [5.41, 5.74) is 0. The van der Waals surface area contributed by atoms with Gasteiger partial charge in [-0.05, 0) is 58.3 Å². The first-order valence-corrected chi connectivity index (χ1v) is 16.9. The maximum atomic E-state index is 6.14. The molecule has 1 heterocycles. The summed E-state index contributed by atoms with van der Waals surface area (Å²) < 4.78 is 23.3. The van der Waals surface area contributed by atoms with Crippen LogP contribution in [0, 0.1) is 0 Å². The minimum absolute atomic E-state index is 0.414. The maximum Gasteiger partial charge on any atom is 0.207 e. The topological polar surface area (TPSA) is 40.2 Å². The van der Waals surface area contributed by atoms with Crippen LogP contribution in [0.4, 0.5) is 0 Å². The van der Waals surface area contributed by atoms with E-state index in [1.807, 2.05) is 0 Å². The van der Waals surface area contributed by atoms with Crippen molar-refractivity contribution < 1.29 is 18.0 Å². The minimum atomic E-state index is -1.56. The van der Waals surface area contributed by atoms with Crippen LogP contribution in [0.5, 0.6) is 0 Å². The predicted molar refractivity (Wildman–Crippen MR) is 90.8 cm³/mol. The molecule has 0 spiro atoms. The molecule has 120 valence electrons. The Bertz CT molecular complexity index is 295. The van der Waals surface area contributed by atoms with Crippen molar-refractivity contribution in [3.8, 4) is 0 Å². The quantitative estimate of drug-likeness (QED) is 0.349. The summed E-state index contributed by atoms with van der Waals surface area (Å²) in [6.45, 7) is 17.6. The van der Waals surface area contributed by atoms with Gasteiger partial charge in [0.2, 0.25) is 5.79 Å². The van der Waals surface area contributed by atoms with E-state index in [-0.39, 0.29) is 0 Å². The summed E-state index contributed by atoms with van der Waals surface area (Å²) in [6.07, 6.45) is 1.08. The molecule has 1 fully saturated rings. The Morgan fingerprint density at radius 1 is 1.10 bits per heavy atom. The van der Waals surface area contributed by atoms with Gasteiger partial charge in [0.05, 0.1) is 0 Å². The van der Waals surface area contributed by atoms with E-state index in [0.29, 0.717) is 13.2 Å². The molecule has 1 aliphatic heterocycles. The number of hydrogen-bond donors (Lipinski definition) is 0. The molecule has 0 bridgehead atoms. The molecule has 2 atom stereocenters. The molecule has 0 radical (unpaired) electrons. The number of ether oxygens (including phenoxy) is 2. The van der Waals surface area contributed by atoms with Crippen molar-refractivity contribution in [1.29, 1.82) is 0 Å². The second kappa shape index (κ2) is 7.17. The predicted octanol–water partition coefficient (Wildman–Crippen LogP) is 3.18. The van der Waals surface area contributed by atoms with Crippen LogP contribution in [0.25, 0.3) is 0 Å². The second-order valence-corrected chi connectivity index (χ2v) is 19.4. The third kappa shape index (κ3) is 8.71. The standard InChI is InChI=1S/C13H32O4Si3/c1-18(17-20(5,6)7)10-8-9-14-11-13(12-15-13)16-19(2,3)4/h18H,8-12H2,1-7H3/t13-,18?/m1/s1. The van der Waals surface area contributed by atoms with E-state index in [2.05, 4.69) is 45.8 Å². The van der Waals surface area contributed by atoms with Crippen LogP contribution in [-0.4, -0.2) is 51.3 Å². The summed E-state index contributed by atoms with van der Waals surface area (Å²) in [6, 6.07) is 1.19. The van der Waals surface area contributed by atoms with E-state index < -0.39 is 31.5 Å². The Labute approximate surface area is 128 Å². The molecular weight excluding hydrogens is 304 g/mol. The third-order valence-electron chi connectivity index (χ3n) is 2.73. The molecule has 1 saturated heterocycles. The zero-order chi connectivity index (χ0) is 15.4. The number of rotatable bonds is 10. The molecule has 4 nitrogen and oxygen atoms in total. The molecule has 0 aromatic carbocycles. The molecule has 7 heteroatoms. The third-order valence-corrected chi connectivity index (χ3v) is 9.38. The van der Waals surface area contributed by atoms with E-state index >= 15 is 0 Å². The van der Waals surface area contributed by atoms with Crippen molar-refractivity contribution in [2.24, 2.45) is 0 Å². The van der Waals surface area contributed by atoms with Gasteiger partial charge in [0.1, 0.15) is 13.2 Å². The first-order valence-electron chi connectivity index (χ1n) is 7.61. The normalized spacial score (nSPS) is 24.8. The highest BCUT2D eigenvalue weighted by atomic mass is 28.4. The molecule has 1 unspecified atom stereocenters. The van der Waals surface area contributed by atoms with Crippen molar-refractivity contribution in [3.05, 3.63) is 0 Å². The van der Waals surface area contributed by atoms with E-state index in [1.165, 1.54) is 6.04 Å². The summed E-state index contributed by atoms with van der Waals surface area (Å²) >= 11 is 0. The largest absolute Gasteiger partial charge is 0.458 e. The monoisotopic (exact) mass is 336 g/mol. The van der Waals surface area contributed by atoms with Crippen LogP contribution in [0.1, 0.15) is 6.42 Å². The molecule has 1 rings (SSSR count). The molecular formula is C13H32O4Si3. The molecule has 0 N–H and O–H groups in total. The van der Waals surface area contributed by atoms with Crippen LogP contribution in [-0.2, 0) is 18.0 Å². The van der Waals surface area contributed by atoms with E-state index in [1.54, 1.807) is 0 Å². The van der Waals surface area contributed by atoms with Gasteiger partial charge in [-0.3, -0.25) is 0 Å².